The van der Waals surface area contributed by atoms with Gasteiger partial charge in [0.25, 0.3) is 5.91 Å². The summed E-state index contributed by atoms with van der Waals surface area (Å²) in [5.41, 5.74) is 7.08. The maximum Gasteiger partial charge on any atom is 0.339 e. The Kier molecular flexibility index (Phi) is 6.96. The van der Waals surface area contributed by atoms with E-state index in [4.69, 9.17) is 9.72 Å². The van der Waals surface area contributed by atoms with Crippen molar-refractivity contribution < 1.29 is 14.3 Å². The van der Waals surface area contributed by atoms with Crippen LogP contribution in [0.4, 0.5) is 5.69 Å². The lowest BCUT2D eigenvalue weighted by Crippen LogP contribution is -2.23. The Balaban J connectivity index is 1.41. The number of fused-ring (bicyclic) bond motifs is 2. The quantitative estimate of drug-likeness (QED) is 0.289. The predicted octanol–water partition coefficient (Wildman–Crippen LogP) is 6.70. The molecule has 2 heterocycles. The minimum atomic E-state index is -0.489. The number of aromatic nitrogens is 1. The van der Waals surface area contributed by atoms with E-state index in [0.29, 0.717) is 12.0 Å². The molecular weight excluding hydrogens is 468 g/mol. The number of hydrogen-bond donors (Lipinski definition) is 1. The molecule has 0 atom stereocenters. The molecule has 5 rings (SSSR count). The lowest BCUT2D eigenvalue weighted by molar-refractivity contribution is -0.119. The number of hydrogen-bond acceptors (Lipinski definition) is 5. The topological polar surface area (TPSA) is 68.3 Å². The molecule has 0 saturated carbocycles. The van der Waals surface area contributed by atoms with Crippen molar-refractivity contribution in [1.82, 2.24) is 4.98 Å². The SMILES string of the molecule is CCc1cccc(CC)c1NC(=O)COC(=O)c1c2c(nc3ccccc13)/C(=C\c1cccs1)CC2. The largest absolute Gasteiger partial charge is 0.452 e. The fourth-order valence-electron chi connectivity index (χ4n) is 4.84. The van der Waals surface area contributed by atoms with E-state index in [9.17, 15) is 9.59 Å². The molecule has 182 valence electrons. The van der Waals surface area contributed by atoms with Gasteiger partial charge in [-0.15, -0.1) is 11.3 Å². The van der Waals surface area contributed by atoms with Gasteiger partial charge >= 0.3 is 5.97 Å². The maximum absolute atomic E-state index is 13.4. The number of ether oxygens (including phenoxy) is 1. The lowest BCUT2D eigenvalue weighted by atomic mass is 10.0. The number of esters is 1. The molecule has 6 heteroatoms. The van der Waals surface area contributed by atoms with Gasteiger partial charge in [0.15, 0.2) is 6.61 Å². The van der Waals surface area contributed by atoms with E-state index in [1.54, 1.807) is 11.3 Å². The first-order valence-electron chi connectivity index (χ1n) is 12.3. The van der Waals surface area contributed by atoms with E-state index in [2.05, 4.69) is 31.3 Å². The molecule has 2 aromatic carbocycles. The van der Waals surface area contributed by atoms with E-state index >= 15 is 0 Å². The van der Waals surface area contributed by atoms with Crippen LogP contribution in [0.25, 0.3) is 22.6 Å². The standard InChI is InChI=1S/C30H28N2O3S/c1-3-19-9-7-10-20(4-2)28(19)32-26(33)18-35-30(34)27-23-12-5-6-13-25(23)31-29-21(14-15-24(27)29)17-22-11-8-16-36-22/h5-13,16-17H,3-4,14-15,18H2,1-2H3,(H,32,33)/b21-17-. The van der Waals surface area contributed by atoms with Crippen molar-refractivity contribution in [2.45, 2.75) is 39.5 Å². The molecule has 2 aromatic heterocycles. The van der Waals surface area contributed by atoms with Crippen molar-refractivity contribution >= 4 is 51.5 Å². The molecule has 1 aliphatic rings. The number of pyridine rings is 1. The van der Waals surface area contributed by atoms with Gasteiger partial charge in [0, 0.05) is 16.0 Å². The lowest BCUT2D eigenvalue weighted by Gasteiger charge is -2.15. The van der Waals surface area contributed by atoms with Gasteiger partial charge in [-0.3, -0.25) is 4.79 Å². The summed E-state index contributed by atoms with van der Waals surface area (Å²) >= 11 is 1.68. The highest BCUT2D eigenvalue weighted by atomic mass is 32.1. The molecule has 36 heavy (non-hydrogen) atoms. The Morgan fingerprint density at radius 2 is 1.78 bits per heavy atom. The van der Waals surface area contributed by atoms with Gasteiger partial charge in [0.05, 0.1) is 16.8 Å². The highest BCUT2D eigenvalue weighted by molar-refractivity contribution is 7.10. The number of benzene rings is 2. The summed E-state index contributed by atoms with van der Waals surface area (Å²) in [6, 6.07) is 17.7. The van der Waals surface area contributed by atoms with Crippen molar-refractivity contribution in [3.05, 3.63) is 92.8 Å². The summed E-state index contributed by atoms with van der Waals surface area (Å²) in [4.78, 5) is 32.3. The average Bonchev–Trinajstić information content (AvgIpc) is 3.56. The normalized spacial score (nSPS) is 13.7. The zero-order chi connectivity index (χ0) is 25.1. The maximum atomic E-state index is 13.4. The molecule has 0 aliphatic heterocycles. The van der Waals surface area contributed by atoms with E-state index in [-0.39, 0.29) is 12.5 Å². The Morgan fingerprint density at radius 3 is 2.50 bits per heavy atom. The summed E-state index contributed by atoms with van der Waals surface area (Å²) < 4.78 is 5.59. The minimum absolute atomic E-state index is 0.341. The number of para-hydroxylation sites is 2. The van der Waals surface area contributed by atoms with Crippen molar-refractivity contribution in [2.75, 3.05) is 11.9 Å². The van der Waals surface area contributed by atoms with Gasteiger partial charge in [-0.25, -0.2) is 9.78 Å². The molecular formula is C30H28N2O3S. The number of anilines is 1. The molecule has 5 nitrogen and oxygen atoms in total. The van der Waals surface area contributed by atoms with E-state index < -0.39 is 5.97 Å². The summed E-state index contributed by atoms with van der Waals surface area (Å²) in [6.45, 7) is 3.77. The molecule has 0 spiro atoms. The van der Waals surface area contributed by atoms with Crippen LogP contribution in [0.5, 0.6) is 0 Å². The van der Waals surface area contributed by atoms with Gasteiger partial charge in [-0.05, 0) is 71.5 Å². The Hall–Kier alpha value is -3.77. The van der Waals surface area contributed by atoms with Crippen molar-refractivity contribution in [3.63, 3.8) is 0 Å². The van der Waals surface area contributed by atoms with Crippen LogP contribution in [-0.2, 0) is 28.8 Å². The summed E-state index contributed by atoms with van der Waals surface area (Å²) in [7, 11) is 0. The number of nitrogens with one attached hydrogen (secondary N) is 1. The third-order valence-corrected chi connectivity index (χ3v) is 7.42. The van der Waals surface area contributed by atoms with Crippen molar-refractivity contribution in [3.8, 4) is 0 Å². The van der Waals surface area contributed by atoms with Gasteiger partial charge in [0.2, 0.25) is 0 Å². The van der Waals surface area contributed by atoms with Gasteiger partial charge < -0.3 is 10.1 Å². The Morgan fingerprint density at radius 1 is 1.00 bits per heavy atom. The van der Waals surface area contributed by atoms with Crippen LogP contribution >= 0.6 is 11.3 Å². The number of amides is 1. The highest BCUT2D eigenvalue weighted by Crippen LogP contribution is 2.38. The molecule has 1 N–H and O–H groups in total. The average molecular weight is 497 g/mol. The van der Waals surface area contributed by atoms with Crippen LogP contribution in [0.2, 0.25) is 0 Å². The van der Waals surface area contributed by atoms with Crippen LogP contribution in [0, 0.1) is 0 Å². The van der Waals surface area contributed by atoms with E-state index in [1.165, 1.54) is 0 Å². The van der Waals surface area contributed by atoms with Gasteiger partial charge in [-0.1, -0.05) is 56.3 Å². The molecule has 1 aliphatic carbocycles. The number of aryl methyl sites for hydroxylation is 2. The molecule has 0 saturated heterocycles. The number of nitrogens with zero attached hydrogens (tertiary/aromatic N) is 1. The molecule has 1 amide bonds. The molecule has 0 unspecified atom stereocenters. The van der Waals surface area contributed by atoms with Crippen molar-refractivity contribution in [2.24, 2.45) is 0 Å². The number of thiophene rings is 1. The third kappa shape index (κ3) is 4.69. The number of carbonyl (C=O) groups is 2. The first-order chi connectivity index (χ1) is 17.6. The van der Waals surface area contributed by atoms with E-state index in [1.807, 2.05) is 53.9 Å². The second-order valence-electron chi connectivity index (χ2n) is 8.80. The number of allylic oxidation sites excluding steroid dienone is 1. The molecule has 4 aromatic rings. The monoisotopic (exact) mass is 496 g/mol. The second kappa shape index (κ2) is 10.5. The van der Waals surface area contributed by atoms with Crippen LogP contribution < -0.4 is 5.32 Å². The van der Waals surface area contributed by atoms with Crippen molar-refractivity contribution in [1.29, 1.82) is 0 Å². The smallest absolute Gasteiger partial charge is 0.339 e. The predicted molar refractivity (Wildman–Crippen MR) is 146 cm³/mol. The van der Waals surface area contributed by atoms with Crippen LogP contribution in [-0.4, -0.2) is 23.5 Å². The fourth-order valence-corrected chi connectivity index (χ4v) is 5.52. The van der Waals surface area contributed by atoms with E-state index in [0.717, 1.165) is 68.7 Å². The zero-order valence-electron chi connectivity index (χ0n) is 20.5. The Labute approximate surface area is 214 Å². The second-order valence-corrected chi connectivity index (χ2v) is 9.78. The van der Waals surface area contributed by atoms with Gasteiger partial charge in [-0.2, -0.15) is 0 Å². The first kappa shape index (κ1) is 23.9. The first-order valence-corrected chi connectivity index (χ1v) is 13.2. The molecule has 0 bridgehead atoms. The zero-order valence-corrected chi connectivity index (χ0v) is 21.3. The van der Waals surface area contributed by atoms with Crippen LogP contribution in [0.1, 0.15) is 57.9 Å². The minimum Gasteiger partial charge on any atom is -0.452 e. The third-order valence-electron chi connectivity index (χ3n) is 6.60. The van der Waals surface area contributed by atoms with Gasteiger partial charge in [0.1, 0.15) is 0 Å². The summed E-state index contributed by atoms with van der Waals surface area (Å²) in [5.74, 6) is -0.830. The van der Waals surface area contributed by atoms with Crippen LogP contribution in [0.15, 0.2) is 60.0 Å². The highest BCUT2D eigenvalue weighted by Gasteiger charge is 2.28. The fraction of sp³-hybridized carbons (Fsp3) is 0.233. The summed E-state index contributed by atoms with van der Waals surface area (Å²) in [6.07, 6.45) is 5.28. The summed E-state index contributed by atoms with van der Waals surface area (Å²) in [5, 5.41) is 5.77. The van der Waals surface area contributed by atoms with Crippen LogP contribution in [0.3, 0.4) is 0 Å². The molecule has 0 fully saturated rings. The number of rotatable bonds is 7. The Bertz CT molecular complexity index is 1450. The molecule has 0 radical (unpaired) electrons. The number of carbonyl (C=O) groups excluding carboxylic acids is 2.